The van der Waals surface area contributed by atoms with E-state index >= 15 is 0 Å². The third-order valence-corrected chi connectivity index (χ3v) is 4.47. The molecule has 0 amide bonds. The lowest BCUT2D eigenvalue weighted by Crippen LogP contribution is -2.44. The van der Waals surface area contributed by atoms with Gasteiger partial charge < -0.3 is 10.2 Å². The quantitative estimate of drug-likeness (QED) is 0.774. The fourth-order valence-electron chi connectivity index (χ4n) is 3.18. The molecule has 0 spiro atoms. The third kappa shape index (κ3) is 2.96. The average molecular weight is 344 g/mol. The molecule has 1 aliphatic rings. The summed E-state index contributed by atoms with van der Waals surface area (Å²) < 4.78 is 4.61. The van der Waals surface area contributed by atoms with Gasteiger partial charge in [0.25, 0.3) is 5.56 Å². The van der Waals surface area contributed by atoms with E-state index < -0.39 is 0 Å². The Balaban J connectivity index is 2.33. The van der Waals surface area contributed by atoms with E-state index in [1.54, 1.807) is 11.5 Å². The van der Waals surface area contributed by atoms with Crippen molar-refractivity contribution in [3.8, 4) is 11.8 Å². The van der Waals surface area contributed by atoms with Gasteiger partial charge in [0.1, 0.15) is 0 Å². The van der Waals surface area contributed by atoms with Crippen LogP contribution < -0.4 is 21.5 Å². The number of piperazine rings is 1. The van der Waals surface area contributed by atoms with Crippen LogP contribution >= 0.6 is 0 Å². The SMILES string of the molecule is CC#CCn1c(N2CCNCC2)nc2c1c(=O)n(C)c(=O)n2CCC. The number of hydrogen-bond donors (Lipinski definition) is 1. The number of hydrogen-bond acceptors (Lipinski definition) is 5. The van der Waals surface area contributed by atoms with Gasteiger partial charge in [-0.15, -0.1) is 5.92 Å². The molecule has 8 heteroatoms. The molecule has 0 aromatic carbocycles. The molecule has 134 valence electrons. The first kappa shape index (κ1) is 17.3. The standard InChI is InChI=1S/C17H24N6O2/c1-4-6-10-22-13-14(19-16(22)21-11-7-18-8-12-21)23(9-5-2)17(25)20(3)15(13)24/h18H,5,7-12H2,1-3H3. The number of fused-ring (bicyclic) bond motifs is 1. The van der Waals surface area contributed by atoms with Crippen molar-refractivity contribution in [1.82, 2.24) is 24.0 Å². The van der Waals surface area contributed by atoms with E-state index in [1.165, 1.54) is 7.05 Å². The van der Waals surface area contributed by atoms with Crippen molar-refractivity contribution >= 4 is 17.1 Å². The molecule has 25 heavy (non-hydrogen) atoms. The first-order valence-electron chi connectivity index (χ1n) is 8.65. The Kier molecular flexibility index (Phi) is 4.95. The number of nitrogens with one attached hydrogen (secondary N) is 1. The second-order valence-electron chi connectivity index (χ2n) is 6.13. The molecule has 0 atom stereocenters. The summed E-state index contributed by atoms with van der Waals surface area (Å²) in [6.07, 6.45) is 0.789. The Bertz CT molecular complexity index is 950. The summed E-state index contributed by atoms with van der Waals surface area (Å²) >= 11 is 0. The van der Waals surface area contributed by atoms with E-state index in [2.05, 4.69) is 22.1 Å². The minimum Gasteiger partial charge on any atom is -0.340 e. The van der Waals surface area contributed by atoms with E-state index in [-0.39, 0.29) is 11.2 Å². The van der Waals surface area contributed by atoms with Crippen molar-refractivity contribution in [3.63, 3.8) is 0 Å². The number of nitrogens with zero attached hydrogens (tertiary/aromatic N) is 5. The van der Waals surface area contributed by atoms with E-state index in [0.29, 0.717) is 30.2 Å². The van der Waals surface area contributed by atoms with Gasteiger partial charge in [-0.05, 0) is 13.3 Å². The number of aromatic nitrogens is 4. The van der Waals surface area contributed by atoms with Crippen molar-refractivity contribution in [2.75, 3.05) is 31.1 Å². The Hall–Kier alpha value is -2.53. The predicted octanol–water partition coefficient (Wildman–Crippen LogP) is -0.260. The highest BCUT2D eigenvalue weighted by molar-refractivity contribution is 5.75. The number of imidazole rings is 1. The first-order chi connectivity index (χ1) is 12.1. The monoisotopic (exact) mass is 344 g/mol. The van der Waals surface area contributed by atoms with Crippen LogP contribution in [0.5, 0.6) is 0 Å². The van der Waals surface area contributed by atoms with Gasteiger partial charge in [0.15, 0.2) is 11.2 Å². The van der Waals surface area contributed by atoms with Crippen LogP contribution in [0.1, 0.15) is 20.3 Å². The Morgan fingerprint density at radius 1 is 1.20 bits per heavy atom. The molecule has 1 fully saturated rings. The topological polar surface area (TPSA) is 77.1 Å². The molecule has 0 saturated carbocycles. The summed E-state index contributed by atoms with van der Waals surface area (Å²) in [7, 11) is 1.52. The van der Waals surface area contributed by atoms with Crippen LogP contribution in [0.15, 0.2) is 9.59 Å². The van der Waals surface area contributed by atoms with E-state index in [9.17, 15) is 9.59 Å². The molecule has 8 nitrogen and oxygen atoms in total. The van der Waals surface area contributed by atoms with Crippen LogP contribution in [0.4, 0.5) is 5.95 Å². The maximum absolute atomic E-state index is 12.8. The van der Waals surface area contributed by atoms with Gasteiger partial charge in [-0.1, -0.05) is 12.8 Å². The summed E-state index contributed by atoms with van der Waals surface area (Å²) in [5.74, 6) is 6.62. The van der Waals surface area contributed by atoms with Crippen LogP contribution in [-0.4, -0.2) is 44.9 Å². The molecule has 1 saturated heterocycles. The van der Waals surface area contributed by atoms with E-state index in [0.717, 1.165) is 37.2 Å². The number of aryl methyl sites for hydroxylation is 1. The Morgan fingerprint density at radius 2 is 1.92 bits per heavy atom. The van der Waals surface area contributed by atoms with Crippen molar-refractivity contribution in [2.45, 2.75) is 33.4 Å². The zero-order valence-corrected chi connectivity index (χ0v) is 15.0. The van der Waals surface area contributed by atoms with E-state index in [1.807, 2.05) is 11.5 Å². The molecular weight excluding hydrogens is 320 g/mol. The highest BCUT2D eigenvalue weighted by atomic mass is 16.2. The minimum atomic E-state index is -0.322. The van der Waals surface area contributed by atoms with Crippen LogP contribution in [0, 0.1) is 11.8 Å². The van der Waals surface area contributed by atoms with Gasteiger partial charge in [0, 0.05) is 39.8 Å². The smallest absolute Gasteiger partial charge is 0.332 e. The maximum Gasteiger partial charge on any atom is 0.332 e. The van der Waals surface area contributed by atoms with Gasteiger partial charge in [0.2, 0.25) is 5.95 Å². The lowest BCUT2D eigenvalue weighted by Gasteiger charge is -2.28. The summed E-state index contributed by atoms with van der Waals surface area (Å²) in [4.78, 5) is 32.2. The van der Waals surface area contributed by atoms with Gasteiger partial charge in [0.05, 0.1) is 6.54 Å². The fraction of sp³-hybridized carbons (Fsp3) is 0.588. The van der Waals surface area contributed by atoms with E-state index in [4.69, 9.17) is 4.98 Å². The van der Waals surface area contributed by atoms with Crippen molar-refractivity contribution < 1.29 is 0 Å². The predicted molar refractivity (Wildman–Crippen MR) is 98.1 cm³/mol. The Morgan fingerprint density at radius 3 is 2.56 bits per heavy atom. The zero-order valence-electron chi connectivity index (χ0n) is 15.0. The highest BCUT2D eigenvalue weighted by Crippen LogP contribution is 2.20. The molecule has 2 aromatic rings. The summed E-state index contributed by atoms with van der Waals surface area (Å²) in [5, 5.41) is 3.31. The largest absolute Gasteiger partial charge is 0.340 e. The summed E-state index contributed by atoms with van der Waals surface area (Å²) in [6, 6.07) is 0. The van der Waals surface area contributed by atoms with Crippen molar-refractivity contribution in [1.29, 1.82) is 0 Å². The number of anilines is 1. The molecule has 0 bridgehead atoms. The van der Waals surface area contributed by atoms with Crippen LogP contribution in [0.2, 0.25) is 0 Å². The number of rotatable bonds is 4. The lowest BCUT2D eigenvalue weighted by molar-refractivity contribution is 0.572. The average Bonchev–Trinajstić information content (AvgIpc) is 3.01. The zero-order chi connectivity index (χ0) is 18.0. The molecule has 1 N–H and O–H groups in total. The maximum atomic E-state index is 12.8. The van der Waals surface area contributed by atoms with Gasteiger partial charge in [-0.25, -0.2) is 4.79 Å². The van der Waals surface area contributed by atoms with Crippen LogP contribution in [0.3, 0.4) is 0 Å². The summed E-state index contributed by atoms with van der Waals surface area (Å²) in [5.41, 5.74) is 0.268. The minimum absolute atomic E-state index is 0.320. The first-order valence-corrected chi connectivity index (χ1v) is 8.65. The van der Waals surface area contributed by atoms with Crippen molar-refractivity contribution in [3.05, 3.63) is 20.8 Å². The van der Waals surface area contributed by atoms with Crippen LogP contribution in [-0.2, 0) is 20.1 Å². The van der Waals surface area contributed by atoms with Gasteiger partial charge in [-0.2, -0.15) is 4.98 Å². The molecule has 0 radical (unpaired) electrons. The highest BCUT2D eigenvalue weighted by Gasteiger charge is 2.23. The van der Waals surface area contributed by atoms with Gasteiger partial charge >= 0.3 is 5.69 Å². The normalized spacial score (nSPS) is 14.6. The molecule has 2 aromatic heterocycles. The third-order valence-electron chi connectivity index (χ3n) is 4.47. The van der Waals surface area contributed by atoms with Crippen LogP contribution in [0.25, 0.3) is 11.2 Å². The molecular formula is C17H24N6O2. The lowest BCUT2D eigenvalue weighted by atomic mass is 10.4. The molecule has 3 heterocycles. The van der Waals surface area contributed by atoms with Gasteiger partial charge in [-0.3, -0.25) is 18.5 Å². The molecule has 1 aliphatic heterocycles. The second-order valence-corrected chi connectivity index (χ2v) is 6.13. The summed E-state index contributed by atoms with van der Waals surface area (Å²) in [6.45, 7) is 8.02. The molecule has 0 aliphatic carbocycles. The Labute approximate surface area is 146 Å². The molecule has 3 rings (SSSR count). The fourth-order valence-corrected chi connectivity index (χ4v) is 3.18. The van der Waals surface area contributed by atoms with Crippen molar-refractivity contribution in [2.24, 2.45) is 7.05 Å². The second kappa shape index (κ2) is 7.15. The molecule has 0 unspecified atom stereocenters.